The van der Waals surface area contributed by atoms with Crippen molar-refractivity contribution in [1.82, 2.24) is 10.3 Å². The Labute approximate surface area is 200 Å². The van der Waals surface area contributed by atoms with Crippen molar-refractivity contribution in [3.8, 4) is 0 Å². The van der Waals surface area contributed by atoms with Gasteiger partial charge in [0.05, 0.1) is 17.4 Å². The molecule has 1 saturated heterocycles. The number of aliphatic hydroxyl groups is 1. The summed E-state index contributed by atoms with van der Waals surface area (Å²) in [4.78, 5) is 17.4. The Morgan fingerprint density at radius 2 is 1.94 bits per heavy atom. The number of pyridine rings is 1. The quantitative estimate of drug-likeness (QED) is 0.373. The molecular formula is C22H22F5N5O2S. The predicted octanol–water partition coefficient (Wildman–Crippen LogP) is 3.57. The summed E-state index contributed by atoms with van der Waals surface area (Å²) in [5.74, 6) is -2.40. The van der Waals surface area contributed by atoms with Gasteiger partial charge in [-0.25, -0.2) is 13.8 Å². The van der Waals surface area contributed by atoms with Gasteiger partial charge in [-0.15, -0.1) is 11.3 Å². The number of amides is 1. The number of nitrogens with one attached hydrogen (secondary N) is 1. The first-order valence-electron chi connectivity index (χ1n) is 10.7. The van der Waals surface area contributed by atoms with E-state index in [0.29, 0.717) is 32.0 Å². The first kappa shape index (κ1) is 25.1. The molecule has 188 valence electrons. The Bertz CT molecular complexity index is 1260. The van der Waals surface area contributed by atoms with Gasteiger partial charge in [-0.2, -0.15) is 13.2 Å². The number of carbonyl (C=O) groups is 1. The number of thiophene rings is 1. The van der Waals surface area contributed by atoms with Crippen LogP contribution in [0.4, 0.5) is 33.5 Å². The number of alkyl halides is 3. The first-order valence-corrected chi connectivity index (χ1v) is 11.5. The minimum absolute atomic E-state index is 0.0224. The summed E-state index contributed by atoms with van der Waals surface area (Å²) < 4.78 is 68.3. The van der Waals surface area contributed by atoms with E-state index in [4.69, 9.17) is 11.5 Å². The Morgan fingerprint density at radius 1 is 1.26 bits per heavy atom. The molecule has 1 amide bonds. The number of nitrogens with two attached hydrogens (primary N) is 2. The van der Waals surface area contributed by atoms with Crippen LogP contribution in [0.15, 0.2) is 24.3 Å². The van der Waals surface area contributed by atoms with Crippen molar-refractivity contribution in [3.63, 3.8) is 0 Å². The van der Waals surface area contributed by atoms with Gasteiger partial charge >= 0.3 is 6.18 Å². The van der Waals surface area contributed by atoms with Crippen LogP contribution in [0.1, 0.15) is 39.7 Å². The number of nitrogens with zero attached hydrogens (tertiary/aromatic N) is 2. The van der Waals surface area contributed by atoms with Crippen molar-refractivity contribution in [2.45, 2.75) is 31.2 Å². The highest BCUT2D eigenvalue weighted by molar-refractivity contribution is 7.21. The molecule has 0 bridgehead atoms. The Hall–Kier alpha value is -3.03. The van der Waals surface area contributed by atoms with Crippen molar-refractivity contribution in [3.05, 3.63) is 51.9 Å². The number of benzene rings is 1. The van der Waals surface area contributed by atoms with Gasteiger partial charge in [0.1, 0.15) is 27.2 Å². The van der Waals surface area contributed by atoms with Gasteiger partial charge in [0.15, 0.2) is 0 Å². The number of carbonyl (C=O) groups excluding carboxylic acids is 1. The Kier molecular flexibility index (Phi) is 6.84. The van der Waals surface area contributed by atoms with E-state index in [1.807, 2.05) is 0 Å². The first-order chi connectivity index (χ1) is 16.5. The largest absolute Gasteiger partial charge is 0.417 e. The molecule has 0 saturated carbocycles. The maximum atomic E-state index is 13.8. The number of primary amides is 1. The molecule has 1 atom stereocenters. The lowest BCUT2D eigenvalue weighted by Crippen LogP contribution is -2.44. The minimum atomic E-state index is -4.72. The second-order valence-corrected chi connectivity index (χ2v) is 9.27. The molecule has 2 aromatic heterocycles. The lowest BCUT2D eigenvalue weighted by Gasteiger charge is -2.34. The average Bonchev–Trinajstić information content (AvgIpc) is 3.13. The van der Waals surface area contributed by atoms with Crippen LogP contribution in [0.3, 0.4) is 0 Å². The second kappa shape index (κ2) is 9.55. The van der Waals surface area contributed by atoms with E-state index in [9.17, 15) is 31.9 Å². The molecule has 1 aromatic carbocycles. The fraction of sp³-hybridized carbons (Fsp3) is 0.364. The Balaban J connectivity index is 1.46. The van der Waals surface area contributed by atoms with Crippen LogP contribution in [0.25, 0.3) is 10.2 Å². The van der Waals surface area contributed by atoms with Crippen LogP contribution >= 0.6 is 11.3 Å². The second-order valence-electron chi connectivity index (χ2n) is 8.27. The predicted molar refractivity (Wildman–Crippen MR) is 122 cm³/mol. The summed E-state index contributed by atoms with van der Waals surface area (Å²) >= 11 is 0.721. The Morgan fingerprint density at radius 3 is 2.54 bits per heavy atom. The van der Waals surface area contributed by atoms with E-state index in [1.165, 1.54) is 6.07 Å². The van der Waals surface area contributed by atoms with Gasteiger partial charge in [-0.3, -0.25) is 4.79 Å². The zero-order chi connectivity index (χ0) is 25.5. The van der Waals surface area contributed by atoms with E-state index in [1.54, 1.807) is 4.90 Å². The number of rotatable bonds is 6. The van der Waals surface area contributed by atoms with Crippen LogP contribution < -0.4 is 21.7 Å². The molecule has 1 fully saturated rings. The van der Waals surface area contributed by atoms with E-state index in [2.05, 4.69) is 10.3 Å². The smallest absolute Gasteiger partial charge is 0.397 e. The molecule has 4 rings (SSSR count). The van der Waals surface area contributed by atoms with Crippen molar-refractivity contribution in [1.29, 1.82) is 0 Å². The third-order valence-corrected chi connectivity index (χ3v) is 7.07. The van der Waals surface area contributed by atoms with Crippen LogP contribution in [0, 0.1) is 11.6 Å². The monoisotopic (exact) mass is 515 g/mol. The maximum absolute atomic E-state index is 13.8. The number of halogens is 5. The summed E-state index contributed by atoms with van der Waals surface area (Å²) in [6, 6.07) is 3.79. The van der Waals surface area contributed by atoms with E-state index >= 15 is 0 Å². The molecule has 0 radical (unpaired) electrons. The highest BCUT2D eigenvalue weighted by Gasteiger charge is 2.37. The van der Waals surface area contributed by atoms with Gasteiger partial charge in [0, 0.05) is 42.7 Å². The third-order valence-electron chi connectivity index (χ3n) is 5.95. The lowest BCUT2D eigenvalue weighted by molar-refractivity contribution is -0.136. The topological polar surface area (TPSA) is 118 Å². The summed E-state index contributed by atoms with van der Waals surface area (Å²) in [5.41, 5.74) is 9.69. The SMILES string of the molecule is NC(=O)c1sc2nc(N3CCC(NCC(O)c4ccc(F)cc4F)CC3)cc(C(F)(F)F)c2c1N. The van der Waals surface area contributed by atoms with E-state index < -0.39 is 35.4 Å². The summed E-state index contributed by atoms with van der Waals surface area (Å²) in [5, 5.41) is 13.0. The summed E-state index contributed by atoms with van der Waals surface area (Å²) in [6.07, 6.45) is -4.85. The number of hydrogen-bond donors (Lipinski definition) is 4. The molecule has 7 nitrogen and oxygen atoms in total. The van der Waals surface area contributed by atoms with Crippen LogP contribution in [-0.2, 0) is 6.18 Å². The van der Waals surface area contributed by atoms with Crippen LogP contribution in [0.2, 0.25) is 0 Å². The molecule has 3 heterocycles. The fourth-order valence-corrected chi connectivity index (χ4v) is 5.12. The van der Waals surface area contributed by atoms with Gasteiger partial charge in [0.25, 0.3) is 5.91 Å². The molecule has 6 N–H and O–H groups in total. The lowest BCUT2D eigenvalue weighted by atomic mass is 10.0. The molecule has 3 aromatic rings. The molecule has 1 unspecified atom stereocenters. The molecule has 13 heteroatoms. The van der Waals surface area contributed by atoms with Gasteiger partial charge < -0.3 is 26.8 Å². The number of fused-ring (bicyclic) bond motifs is 1. The zero-order valence-electron chi connectivity index (χ0n) is 18.2. The average molecular weight is 516 g/mol. The summed E-state index contributed by atoms with van der Waals surface area (Å²) in [6.45, 7) is 0.774. The highest BCUT2D eigenvalue weighted by Crippen LogP contribution is 2.43. The number of aliphatic hydroxyl groups excluding tert-OH is 1. The third kappa shape index (κ3) is 5.16. The fourth-order valence-electron chi connectivity index (χ4n) is 4.15. The normalized spacial score (nSPS) is 16.1. The standard InChI is InChI=1S/C22H22F5N5O2S/c23-10-1-2-12(14(24)7-10)15(33)9-30-11-3-5-32(6-4-11)16-8-13(22(25,26)27)17-18(28)19(20(29)34)35-21(17)31-16/h1-2,7-8,11,15,30,33H,3-6,9,28H2,(H2,29,34). The molecular weight excluding hydrogens is 493 g/mol. The number of anilines is 2. The number of aromatic nitrogens is 1. The molecule has 1 aliphatic heterocycles. The van der Waals surface area contributed by atoms with Crippen LogP contribution in [-0.4, -0.2) is 41.7 Å². The van der Waals surface area contributed by atoms with Gasteiger partial charge in [0.2, 0.25) is 0 Å². The van der Waals surface area contributed by atoms with Gasteiger partial charge in [-0.05, 0) is 25.0 Å². The summed E-state index contributed by atoms with van der Waals surface area (Å²) in [7, 11) is 0. The number of nitrogen functional groups attached to an aromatic ring is 1. The molecule has 1 aliphatic rings. The molecule has 0 aliphatic carbocycles. The molecule has 0 spiro atoms. The van der Waals surface area contributed by atoms with Crippen LogP contribution in [0.5, 0.6) is 0 Å². The molecule has 35 heavy (non-hydrogen) atoms. The highest BCUT2D eigenvalue weighted by atomic mass is 32.1. The van der Waals surface area contributed by atoms with Crippen molar-refractivity contribution in [2.75, 3.05) is 30.3 Å². The zero-order valence-corrected chi connectivity index (χ0v) is 19.0. The van der Waals surface area contributed by atoms with Crippen molar-refractivity contribution >= 4 is 39.0 Å². The maximum Gasteiger partial charge on any atom is 0.417 e. The minimum Gasteiger partial charge on any atom is -0.397 e. The van der Waals surface area contributed by atoms with E-state index in [-0.39, 0.29) is 44.7 Å². The number of piperidine rings is 1. The van der Waals surface area contributed by atoms with Crippen molar-refractivity contribution < 1.29 is 31.9 Å². The van der Waals surface area contributed by atoms with E-state index in [0.717, 1.165) is 23.5 Å². The van der Waals surface area contributed by atoms with Crippen molar-refractivity contribution in [2.24, 2.45) is 5.73 Å². The van der Waals surface area contributed by atoms with Gasteiger partial charge in [-0.1, -0.05) is 6.07 Å². The number of hydrogen-bond acceptors (Lipinski definition) is 7.